The van der Waals surface area contributed by atoms with Gasteiger partial charge in [0.15, 0.2) is 0 Å². The summed E-state index contributed by atoms with van der Waals surface area (Å²) < 4.78 is 25.5. The van der Waals surface area contributed by atoms with Crippen LogP contribution in [0.4, 0.5) is 0 Å². The van der Waals surface area contributed by atoms with Gasteiger partial charge < -0.3 is 4.90 Å². The Morgan fingerprint density at radius 2 is 1.75 bits per heavy atom. The van der Waals surface area contributed by atoms with E-state index in [1.807, 2.05) is 4.90 Å². The Hall–Kier alpha value is -1.40. The molecule has 1 aromatic carbocycles. The monoisotopic (exact) mass is 296 g/mol. The molecule has 1 aromatic rings. The van der Waals surface area contributed by atoms with Crippen molar-refractivity contribution in [3.05, 3.63) is 29.8 Å². The molecule has 1 fully saturated rings. The van der Waals surface area contributed by atoms with Gasteiger partial charge in [0.2, 0.25) is 10.0 Å². The lowest BCUT2D eigenvalue weighted by Gasteiger charge is -2.30. The molecule has 6 heteroatoms. The van der Waals surface area contributed by atoms with Crippen molar-refractivity contribution >= 4 is 15.9 Å². The van der Waals surface area contributed by atoms with E-state index in [2.05, 4.69) is 11.6 Å². The van der Waals surface area contributed by atoms with Crippen LogP contribution in [0.25, 0.3) is 0 Å². The minimum absolute atomic E-state index is 0.0229. The molecule has 1 amide bonds. The van der Waals surface area contributed by atoms with Gasteiger partial charge in [0, 0.05) is 18.7 Å². The van der Waals surface area contributed by atoms with E-state index in [0.717, 1.165) is 25.9 Å². The molecule has 2 rings (SSSR count). The topological polar surface area (TPSA) is 66.5 Å². The summed E-state index contributed by atoms with van der Waals surface area (Å²) in [7, 11) is -2.08. The van der Waals surface area contributed by atoms with Gasteiger partial charge in [0.25, 0.3) is 5.91 Å². The number of carbonyl (C=O) groups excluding carboxylic acids is 1. The standard InChI is InChI=1S/C14H20N2O3S/c1-11-7-9-16(10-8-11)14(17)12-3-5-13(6-4-12)20(18,19)15-2/h3-6,11,15H,7-10H2,1-2H3. The average Bonchev–Trinajstić information content (AvgIpc) is 2.47. The van der Waals surface area contributed by atoms with E-state index >= 15 is 0 Å². The number of piperidine rings is 1. The summed E-state index contributed by atoms with van der Waals surface area (Å²) in [5, 5.41) is 0. The highest BCUT2D eigenvalue weighted by atomic mass is 32.2. The second-order valence-electron chi connectivity index (χ2n) is 5.21. The minimum atomic E-state index is -3.45. The van der Waals surface area contributed by atoms with Gasteiger partial charge in [-0.15, -0.1) is 0 Å². The summed E-state index contributed by atoms with van der Waals surface area (Å²) in [6.07, 6.45) is 2.05. The first kappa shape index (κ1) is 15.0. The molecule has 0 radical (unpaired) electrons. The Kier molecular flexibility index (Phi) is 4.45. The van der Waals surface area contributed by atoms with E-state index in [9.17, 15) is 13.2 Å². The number of carbonyl (C=O) groups is 1. The summed E-state index contributed by atoms with van der Waals surface area (Å²) in [4.78, 5) is 14.3. The Labute approximate surface area is 120 Å². The van der Waals surface area contributed by atoms with Gasteiger partial charge in [-0.25, -0.2) is 13.1 Å². The minimum Gasteiger partial charge on any atom is -0.339 e. The van der Waals surface area contributed by atoms with Crippen molar-refractivity contribution in [3.63, 3.8) is 0 Å². The van der Waals surface area contributed by atoms with Crippen LogP contribution in [0.3, 0.4) is 0 Å². The zero-order valence-corrected chi connectivity index (χ0v) is 12.6. The molecule has 1 aliphatic rings. The zero-order valence-electron chi connectivity index (χ0n) is 11.8. The molecule has 1 saturated heterocycles. The third-order valence-electron chi connectivity index (χ3n) is 3.75. The fourth-order valence-corrected chi connectivity index (χ4v) is 3.02. The zero-order chi connectivity index (χ0) is 14.8. The van der Waals surface area contributed by atoms with Crippen molar-refractivity contribution < 1.29 is 13.2 Å². The summed E-state index contributed by atoms with van der Waals surface area (Å²) >= 11 is 0. The van der Waals surface area contributed by atoms with Crippen LogP contribution in [0.2, 0.25) is 0 Å². The number of nitrogens with one attached hydrogen (secondary N) is 1. The van der Waals surface area contributed by atoms with Crippen molar-refractivity contribution in [2.45, 2.75) is 24.7 Å². The van der Waals surface area contributed by atoms with Crippen LogP contribution in [-0.2, 0) is 10.0 Å². The maximum absolute atomic E-state index is 12.3. The number of hydrogen-bond acceptors (Lipinski definition) is 3. The number of nitrogens with zero attached hydrogens (tertiary/aromatic N) is 1. The molecule has 1 N–H and O–H groups in total. The average molecular weight is 296 g/mol. The van der Waals surface area contributed by atoms with Crippen molar-refractivity contribution in [1.82, 2.24) is 9.62 Å². The number of likely N-dealkylation sites (tertiary alicyclic amines) is 1. The Balaban J connectivity index is 2.12. The van der Waals surface area contributed by atoms with Crippen LogP contribution in [0.15, 0.2) is 29.2 Å². The van der Waals surface area contributed by atoms with Gasteiger partial charge in [-0.2, -0.15) is 0 Å². The molecule has 0 aromatic heterocycles. The smallest absolute Gasteiger partial charge is 0.253 e. The van der Waals surface area contributed by atoms with Crippen LogP contribution < -0.4 is 4.72 Å². The Morgan fingerprint density at radius 3 is 2.25 bits per heavy atom. The first-order valence-electron chi connectivity index (χ1n) is 6.77. The highest BCUT2D eigenvalue weighted by molar-refractivity contribution is 7.89. The molecule has 5 nitrogen and oxygen atoms in total. The van der Waals surface area contributed by atoms with E-state index < -0.39 is 10.0 Å². The maximum Gasteiger partial charge on any atom is 0.253 e. The van der Waals surface area contributed by atoms with Crippen LogP contribution in [0.1, 0.15) is 30.1 Å². The van der Waals surface area contributed by atoms with Gasteiger partial charge in [-0.05, 0) is 50.1 Å². The largest absolute Gasteiger partial charge is 0.339 e. The summed E-state index contributed by atoms with van der Waals surface area (Å²) in [5.74, 6) is 0.646. The number of benzene rings is 1. The van der Waals surface area contributed by atoms with E-state index in [0.29, 0.717) is 11.5 Å². The highest BCUT2D eigenvalue weighted by Gasteiger charge is 2.21. The number of sulfonamides is 1. The first-order valence-corrected chi connectivity index (χ1v) is 8.25. The molecule has 0 aliphatic carbocycles. The van der Waals surface area contributed by atoms with Crippen LogP contribution in [0.5, 0.6) is 0 Å². The SMILES string of the molecule is CNS(=O)(=O)c1ccc(C(=O)N2CCC(C)CC2)cc1. The Morgan fingerprint density at radius 1 is 1.20 bits per heavy atom. The predicted octanol–water partition coefficient (Wildman–Crippen LogP) is 1.47. The molecule has 110 valence electrons. The number of hydrogen-bond donors (Lipinski definition) is 1. The van der Waals surface area contributed by atoms with Gasteiger partial charge in [0.05, 0.1) is 4.90 Å². The second-order valence-corrected chi connectivity index (χ2v) is 7.09. The normalized spacial score (nSPS) is 17.2. The van der Waals surface area contributed by atoms with E-state index in [1.54, 1.807) is 12.1 Å². The van der Waals surface area contributed by atoms with Gasteiger partial charge in [-0.1, -0.05) is 6.92 Å². The molecule has 0 unspecified atom stereocenters. The second kappa shape index (κ2) is 5.93. The summed E-state index contributed by atoms with van der Waals surface area (Å²) in [6, 6.07) is 6.08. The van der Waals surface area contributed by atoms with Crippen LogP contribution in [0, 0.1) is 5.92 Å². The van der Waals surface area contributed by atoms with Crippen molar-refractivity contribution in [3.8, 4) is 0 Å². The Bertz CT molecular complexity index is 573. The third kappa shape index (κ3) is 3.19. The van der Waals surface area contributed by atoms with Crippen molar-refractivity contribution in [2.75, 3.05) is 20.1 Å². The molecular weight excluding hydrogens is 276 g/mol. The molecule has 0 atom stereocenters. The summed E-state index contributed by atoms with van der Waals surface area (Å²) in [5.41, 5.74) is 0.537. The van der Waals surface area contributed by atoms with Crippen molar-refractivity contribution in [1.29, 1.82) is 0 Å². The van der Waals surface area contributed by atoms with E-state index in [4.69, 9.17) is 0 Å². The fraction of sp³-hybridized carbons (Fsp3) is 0.500. The number of rotatable bonds is 3. The van der Waals surface area contributed by atoms with E-state index in [-0.39, 0.29) is 10.8 Å². The molecule has 20 heavy (non-hydrogen) atoms. The molecule has 0 saturated carbocycles. The highest BCUT2D eigenvalue weighted by Crippen LogP contribution is 2.19. The predicted molar refractivity (Wildman–Crippen MR) is 77.0 cm³/mol. The van der Waals surface area contributed by atoms with Crippen LogP contribution in [-0.4, -0.2) is 39.4 Å². The van der Waals surface area contributed by atoms with Crippen LogP contribution >= 0.6 is 0 Å². The third-order valence-corrected chi connectivity index (χ3v) is 5.18. The van der Waals surface area contributed by atoms with Gasteiger partial charge in [-0.3, -0.25) is 4.79 Å². The van der Waals surface area contributed by atoms with Gasteiger partial charge >= 0.3 is 0 Å². The quantitative estimate of drug-likeness (QED) is 0.918. The molecular formula is C14H20N2O3S. The maximum atomic E-state index is 12.3. The van der Waals surface area contributed by atoms with E-state index in [1.165, 1.54) is 19.2 Å². The summed E-state index contributed by atoms with van der Waals surface area (Å²) in [6.45, 7) is 3.74. The lowest BCUT2D eigenvalue weighted by molar-refractivity contribution is 0.0697. The van der Waals surface area contributed by atoms with Gasteiger partial charge in [0.1, 0.15) is 0 Å². The molecule has 1 aliphatic heterocycles. The molecule has 0 spiro atoms. The number of amides is 1. The lowest BCUT2D eigenvalue weighted by atomic mass is 9.98. The first-order chi connectivity index (χ1) is 9.44. The lowest BCUT2D eigenvalue weighted by Crippen LogP contribution is -2.37. The molecule has 1 heterocycles. The fourth-order valence-electron chi connectivity index (χ4n) is 2.29. The molecule has 0 bridgehead atoms. The van der Waals surface area contributed by atoms with Crippen molar-refractivity contribution in [2.24, 2.45) is 5.92 Å².